The van der Waals surface area contributed by atoms with E-state index in [1.165, 1.54) is 6.07 Å². The van der Waals surface area contributed by atoms with Crippen molar-refractivity contribution in [2.45, 2.75) is 44.4 Å². The third-order valence-electron chi connectivity index (χ3n) is 4.98. The number of carbonyl (C=O) groups is 1. The summed E-state index contributed by atoms with van der Waals surface area (Å²) in [5, 5.41) is 0. The van der Waals surface area contributed by atoms with Gasteiger partial charge in [0.05, 0.1) is 5.56 Å². The average molecular weight is 376 g/mol. The van der Waals surface area contributed by atoms with Gasteiger partial charge in [0, 0.05) is 24.2 Å². The van der Waals surface area contributed by atoms with Gasteiger partial charge in [-0.25, -0.2) is 0 Å². The molecular weight excluding hydrogens is 353 g/mol. The first-order valence-electron chi connectivity index (χ1n) is 9.03. The molecule has 1 fully saturated rings. The lowest BCUT2D eigenvalue weighted by atomic mass is 9.91. The summed E-state index contributed by atoms with van der Waals surface area (Å²) in [7, 11) is 0. The normalized spacial score (nSPS) is 20.6. The van der Waals surface area contributed by atoms with Crippen molar-refractivity contribution in [3.63, 3.8) is 0 Å². The topological polar surface area (TPSA) is 46.3 Å². The Balaban J connectivity index is 1.88. The lowest BCUT2D eigenvalue weighted by Gasteiger charge is -2.39. The fourth-order valence-electron chi connectivity index (χ4n) is 3.67. The Morgan fingerprint density at radius 2 is 1.89 bits per heavy atom. The van der Waals surface area contributed by atoms with Crippen LogP contribution in [0.15, 0.2) is 48.5 Å². The molecular formula is C21H23F3N2O. The average Bonchev–Trinajstić information content (AvgIpc) is 2.61. The molecule has 0 aromatic heterocycles. The van der Waals surface area contributed by atoms with Crippen LogP contribution >= 0.6 is 0 Å². The molecule has 1 aliphatic heterocycles. The highest BCUT2D eigenvalue weighted by Crippen LogP contribution is 2.31. The second-order valence-electron chi connectivity index (χ2n) is 7.21. The van der Waals surface area contributed by atoms with E-state index in [9.17, 15) is 18.0 Å². The van der Waals surface area contributed by atoms with Gasteiger partial charge in [-0.15, -0.1) is 0 Å². The van der Waals surface area contributed by atoms with Gasteiger partial charge in [0.2, 0.25) is 0 Å². The van der Waals surface area contributed by atoms with E-state index in [-0.39, 0.29) is 23.6 Å². The Morgan fingerprint density at radius 3 is 2.56 bits per heavy atom. The number of rotatable bonds is 3. The third kappa shape index (κ3) is 4.69. The van der Waals surface area contributed by atoms with Crippen molar-refractivity contribution in [2.75, 3.05) is 6.54 Å². The van der Waals surface area contributed by atoms with Crippen LogP contribution in [0.5, 0.6) is 0 Å². The maximum absolute atomic E-state index is 13.1. The summed E-state index contributed by atoms with van der Waals surface area (Å²) in [6.45, 7) is 2.02. The Bertz CT molecular complexity index is 805. The Hall–Kier alpha value is -2.34. The van der Waals surface area contributed by atoms with E-state index in [0.29, 0.717) is 31.4 Å². The van der Waals surface area contributed by atoms with Crippen molar-refractivity contribution in [1.82, 2.24) is 4.90 Å². The predicted octanol–water partition coefficient (Wildman–Crippen LogP) is 4.19. The molecule has 0 unspecified atom stereocenters. The zero-order valence-electron chi connectivity index (χ0n) is 15.2. The highest BCUT2D eigenvalue weighted by Gasteiger charge is 2.34. The van der Waals surface area contributed by atoms with Gasteiger partial charge in [-0.3, -0.25) is 4.79 Å². The summed E-state index contributed by atoms with van der Waals surface area (Å²) >= 11 is 0. The van der Waals surface area contributed by atoms with Gasteiger partial charge in [-0.1, -0.05) is 30.3 Å². The minimum absolute atomic E-state index is 0.00833. The minimum atomic E-state index is -4.48. The van der Waals surface area contributed by atoms with Gasteiger partial charge in [0.15, 0.2) is 0 Å². The van der Waals surface area contributed by atoms with Crippen LogP contribution in [-0.2, 0) is 12.6 Å². The number of alkyl halides is 3. The highest BCUT2D eigenvalue weighted by molar-refractivity contribution is 5.95. The number of hydrogen-bond donors (Lipinski definition) is 1. The molecule has 1 aliphatic rings. The minimum Gasteiger partial charge on any atom is -0.335 e. The highest BCUT2D eigenvalue weighted by atomic mass is 19.4. The lowest BCUT2D eigenvalue weighted by molar-refractivity contribution is -0.137. The van der Waals surface area contributed by atoms with Crippen LogP contribution in [0.3, 0.4) is 0 Å². The maximum Gasteiger partial charge on any atom is 0.416 e. The lowest BCUT2D eigenvalue weighted by Crippen LogP contribution is -2.50. The first kappa shape index (κ1) is 19.4. The molecule has 3 rings (SSSR count). The smallest absolute Gasteiger partial charge is 0.335 e. The molecule has 144 valence electrons. The molecule has 2 N–H and O–H groups in total. The van der Waals surface area contributed by atoms with E-state index in [2.05, 4.69) is 0 Å². The molecule has 1 heterocycles. The van der Waals surface area contributed by atoms with Gasteiger partial charge in [-0.05, 0) is 55.5 Å². The van der Waals surface area contributed by atoms with E-state index >= 15 is 0 Å². The Labute approximate surface area is 157 Å². The fraction of sp³-hybridized carbons (Fsp3) is 0.381. The van der Waals surface area contributed by atoms with E-state index in [1.807, 2.05) is 30.3 Å². The number of aryl methyl sites for hydroxylation is 1. The zero-order chi connectivity index (χ0) is 19.6. The van der Waals surface area contributed by atoms with E-state index < -0.39 is 11.7 Å². The molecule has 0 saturated carbocycles. The monoisotopic (exact) mass is 376 g/mol. The quantitative estimate of drug-likeness (QED) is 0.873. The zero-order valence-corrected chi connectivity index (χ0v) is 15.2. The largest absolute Gasteiger partial charge is 0.416 e. The number of nitrogens with zero attached hydrogens (tertiary/aromatic N) is 1. The van der Waals surface area contributed by atoms with Crippen LogP contribution in [-0.4, -0.2) is 29.4 Å². The summed E-state index contributed by atoms with van der Waals surface area (Å²) in [5.74, 6) is -0.364. The van der Waals surface area contributed by atoms with Crippen LogP contribution in [0.2, 0.25) is 0 Å². The van der Waals surface area contributed by atoms with Crippen molar-refractivity contribution in [1.29, 1.82) is 0 Å². The second-order valence-corrected chi connectivity index (χ2v) is 7.21. The van der Waals surface area contributed by atoms with Crippen LogP contribution in [0.4, 0.5) is 13.2 Å². The summed E-state index contributed by atoms with van der Waals surface area (Å²) in [6, 6.07) is 13.1. The SMILES string of the molecule is Cc1cc(C(=O)N2CC[C@H](N)C[C@H]2Cc2ccccc2)cc(C(F)(F)F)c1. The number of benzene rings is 2. The standard InChI is InChI=1S/C21H23F3N2O/c1-14-9-16(12-17(10-14)21(22,23)24)20(27)26-8-7-18(25)13-19(26)11-15-5-3-2-4-6-15/h2-6,9-10,12,18-19H,7-8,11,13,25H2,1H3/t18-,19+/m0/s1. The molecule has 6 heteroatoms. The van der Waals surface area contributed by atoms with Crippen molar-refractivity contribution in [3.05, 3.63) is 70.8 Å². The van der Waals surface area contributed by atoms with Crippen LogP contribution in [0.1, 0.15) is 39.9 Å². The first-order valence-corrected chi connectivity index (χ1v) is 9.03. The fourth-order valence-corrected chi connectivity index (χ4v) is 3.67. The molecule has 2 aromatic carbocycles. The molecule has 1 saturated heterocycles. The molecule has 0 spiro atoms. The summed E-state index contributed by atoms with van der Waals surface area (Å²) in [5.41, 5.74) is 6.88. The second kappa shape index (κ2) is 7.72. The van der Waals surface area contributed by atoms with Crippen molar-refractivity contribution in [2.24, 2.45) is 5.73 Å². The summed E-state index contributed by atoms with van der Waals surface area (Å²) < 4.78 is 39.4. The Morgan fingerprint density at radius 1 is 1.19 bits per heavy atom. The number of nitrogens with two attached hydrogens (primary N) is 1. The number of likely N-dealkylation sites (tertiary alicyclic amines) is 1. The molecule has 1 amide bonds. The molecule has 27 heavy (non-hydrogen) atoms. The van der Waals surface area contributed by atoms with Crippen LogP contribution < -0.4 is 5.73 Å². The first-order chi connectivity index (χ1) is 12.7. The van der Waals surface area contributed by atoms with Crippen LogP contribution in [0, 0.1) is 6.92 Å². The molecule has 3 nitrogen and oxygen atoms in total. The molecule has 0 aliphatic carbocycles. The molecule has 2 aromatic rings. The van der Waals surface area contributed by atoms with Crippen molar-refractivity contribution < 1.29 is 18.0 Å². The summed E-state index contributed by atoms with van der Waals surface area (Å²) in [6.07, 6.45) is -2.56. The number of amides is 1. The molecule has 0 bridgehead atoms. The summed E-state index contributed by atoms with van der Waals surface area (Å²) in [4.78, 5) is 14.7. The van der Waals surface area contributed by atoms with Crippen molar-refractivity contribution >= 4 is 5.91 Å². The van der Waals surface area contributed by atoms with Gasteiger partial charge in [0.25, 0.3) is 5.91 Å². The van der Waals surface area contributed by atoms with Gasteiger partial charge < -0.3 is 10.6 Å². The molecule has 2 atom stereocenters. The van der Waals surface area contributed by atoms with E-state index in [4.69, 9.17) is 5.73 Å². The predicted molar refractivity (Wildman–Crippen MR) is 98.4 cm³/mol. The Kier molecular flexibility index (Phi) is 5.56. The third-order valence-corrected chi connectivity index (χ3v) is 4.98. The number of halogens is 3. The van der Waals surface area contributed by atoms with Gasteiger partial charge in [0.1, 0.15) is 0 Å². The van der Waals surface area contributed by atoms with Gasteiger partial charge in [-0.2, -0.15) is 13.2 Å². The van der Waals surface area contributed by atoms with Crippen molar-refractivity contribution in [3.8, 4) is 0 Å². The molecule has 0 radical (unpaired) electrons. The van der Waals surface area contributed by atoms with Crippen LogP contribution in [0.25, 0.3) is 0 Å². The van der Waals surface area contributed by atoms with Gasteiger partial charge >= 0.3 is 6.18 Å². The van der Waals surface area contributed by atoms with E-state index in [0.717, 1.165) is 17.7 Å². The number of hydrogen-bond acceptors (Lipinski definition) is 2. The van der Waals surface area contributed by atoms with E-state index in [1.54, 1.807) is 11.8 Å². The number of carbonyl (C=O) groups excluding carboxylic acids is 1. The maximum atomic E-state index is 13.1. The number of piperidine rings is 1.